The van der Waals surface area contributed by atoms with Crippen LogP contribution in [-0.2, 0) is 16.0 Å². The Balaban J connectivity index is 1.77. The second-order valence-corrected chi connectivity index (χ2v) is 7.67. The van der Waals surface area contributed by atoms with E-state index in [1.54, 1.807) is 0 Å². The standard InChI is InChI=1S/C27H26N2O3/c1-4-19-9-13-22(14-10-19)29-26(30)24(20-11-15-23(16-12-20)32-5-2)25(27(29)31)28-21-8-6-7-18(3)17-21/h6-17,28H,4-5H2,1-3H3. The first-order valence-corrected chi connectivity index (χ1v) is 10.8. The highest BCUT2D eigenvalue weighted by Gasteiger charge is 2.40. The molecule has 1 aliphatic heterocycles. The Hall–Kier alpha value is -3.86. The number of rotatable bonds is 7. The van der Waals surface area contributed by atoms with Crippen LogP contribution >= 0.6 is 0 Å². The van der Waals surface area contributed by atoms with Gasteiger partial charge in [-0.2, -0.15) is 0 Å². The number of hydrogen-bond acceptors (Lipinski definition) is 4. The molecule has 0 unspecified atom stereocenters. The highest BCUT2D eigenvalue weighted by Crippen LogP contribution is 2.34. The van der Waals surface area contributed by atoms with E-state index in [0.717, 1.165) is 23.2 Å². The van der Waals surface area contributed by atoms with E-state index in [2.05, 4.69) is 12.2 Å². The molecule has 1 aliphatic rings. The van der Waals surface area contributed by atoms with Crippen molar-refractivity contribution in [2.75, 3.05) is 16.8 Å². The molecule has 0 spiro atoms. The minimum absolute atomic E-state index is 0.268. The van der Waals surface area contributed by atoms with Crippen molar-refractivity contribution in [3.8, 4) is 5.75 Å². The predicted octanol–water partition coefficient (Wildman–Crippen LogP) is 5.35. The molecule has 1 heterocycles. The van der Waals surface area contributed by atoms with Gasteiger partial charge in [-0.15, -0.1) is 0 Å². The number of nitrogens with zero attached hydrogens (tertiary/aromatic N) is 1. The molecule has 0 saturated carbocycles. The normalized spacial score (nSPS) is 13.7. The molecule has 0 atom stereocenters. The van der Waals surface area contributed by atoms with Gasteiger partial charge in [-0.05, 0) is 73.4 Å². The van der Waals surface area contributed by atoms with E-state index in [4.69, 9.17) is 4.74 Å². The average Bonchev–Trinajstić information content (AvgIpc) is 3.04. The lowest BCUT2D eigenvalue weighted by atomic mass is 10.0. The minimum atomic E-state index is -0.371. The van der Waals surface area contributed by atoms with Crippen LogP contribution in [0.5, 0.6) is 5.75 Å². The van der Waals surface area contributed by atoms with E-state index >= 15 is 0 Å². The molecule has 4 rings (SSSR count). The van der Waals surface area contributed by atoms with Crippen molar-refractivity contribution in [3.05, 3.63) is 95.2 Å². The van der Waals surface area contributed by atoms with Gasteiger partial charge in [0.25, 0.3) is 11.8 Å². The third kappa shape index (κ3) is 4.14. The summed E-state index contributed by atoms with van der Waals surface area (Å²) in [6.07, 6.45) is 0.887. The maximum atomic E-state index is 13.5. The van der Waals surface area contributed by atoms with E-state index in [1.807, 2.05) is 86.6 Å². The third-order valence-corrected chi connectivity index (χ3v) is 5.43. The van der Waals surface area contributed by atoms with Gasteiger partial charge in [-0.3, -0.25) is 9.59 Å². The SMILES string of the molecule is CCOc1ccc(C2=C(Nc3cccc(C)c3)C(=O)N(c3ccc(CC)cc3)C2=O)cc1. The summed E-state index contributed by atoms with van der Waals surface area (Å²) in [5.41, 5.74) is 4.79. The number of benzene rings is 3. The summed E-state index contributed by atoms with van der Waals surface area (Å²) in [6.45, 7) is 6.52. The first-order valence-electron chi connectivity index (χ1n) is 10.8. The van der Waals surface area contributed by atoms with Gasteiger partial charge >= 0.3 is 0 Å². The molecular weight excluding hydrogens is 400 g/mol. The molecule has 0 fully saturated rings. The van der Waals surface area contributed by atoms with Crippen molar-refractivity contribution in [3.63, 3.8) is 0 Å². The Morgan fingerprint density at radius 1 is 0.875 bits per heavy atom. The van der Waals surface area contributed by atoms with Crippen LogP contribution in [0.1, 0.15) is 30.5 Å². The Labute approximate surface area is 188 Å². The molecule has 2 amide bonds. The molecule has 1 N–H and O–H groups in total. The van der Waals surface area contributed by atoms with Crippen LogP contribution in [0.15, 0.2) is 78.5 Å². The fourth-order valence-corrected chi connectivity index (χ4v) is 3.78. The number of nitrogens with one attached hydrogen (secondary N) is 1. The van der Waals surface area contributed by atoms with Gasteiger partial charge in [0.05, 0.1) is 17.9 Å². The number of hydrogen-bond donors (Lipinski definition) is 1. The van der Waals surface area contributed by atoms with Gasteiger partial charge in [-0.25, -0.2) is 4.90 Å². The van der Waals surface area contributed by atoms with Crippen molar-refractivity contribution in [1.82, 2.24) is 0 Å². The van der Waals surface area contributed by atoms with Crippen LogP contribution in [0, 0.1) is 6.92 Å². The lowest BCUT2D eigenvalue weighted by Crippen LogP contribution is -2.32. The van der Waals surface area contributed by atoms with Gasteiger partial charge in [-0.1, -0.05) is 43.3 Å². The number of carbonyl (C=O) groups excluding carboxylic acids is 2. The van der Waals surface area contributed by atoms with Crippen molar-refractivity contribution in [2.45, 2.75) is 27.2 Å². The van der Waals surface area contributed by atoms with E-state index < -0.39 is 0 Å². The quantitative estimate of drug-likeness (QED) is 0.517. The minimum Gasteiger partial charge on any atom is -0.494 e. The maximum Gasteiger partial charge on any atom is 0.282 e. The zero-order chi connectivity index (χ0) is 22.7. The number of anilines is 2. The first-order chi connectivity index (χ1) is 15.5. The molecule has 0 aliphatic carbocycles. The third-order valence-electron chi connectivity index (χ3n) is 5.43. The van der Waals surface area contributed by atoms with E-state index in [-0.39, 0.29) is 17.5 Å². The second-order valence-electron chi connectivity index (χ2n) is 7.67. The molecular formula is C27H26N2O3. The van der Waals surface area contributed by atoms with Gasteiger partial charge in [0.1, 0.15) is 11.4 Å². The molecule has 0 aromatic heterocycles. The van der Waals surface area contributed by atoms with Crippen molar-refractivity contribution in [2.24, 2.45) is 0 Å². The van der Waals surface area contributed by atoms with Crippen LogP contribution in [0.3, 0.4) is 0 Å². The number of ether oxygens (including phenoxy) is 1. The molecule has 162 valence electrons. The molecule has 5 nitrogen and oxygen atoms in total. The number of imide groups is 1. The van der Waals surface area contributed by atoms with Gasteiger partial charge in [0.15, 0.2) is 0 Å². The summed E-state index contributed by atoms with van der Waals surface area (Å²) in [4.78, 5) is 28.2. The number of amides is 2. The van der Waals surface area contributed by atoms with Crippen molar-refractivity contribution >= 4 is 28.8 Å². The van der Waals surface area contributed by atoms with Crippen LogP contribution in [0.4, 0.5) is 11.4 Å². The predicted molar refractivity (Wildman–Crippen MR) is 128 cm³/mol. The van der Waals surface area contributed by atoms with E-state index in [0.29, 0.717) is 29.2 Å². The highest BCUT2D eigenvalue weighted by molar-refractivity contribution is 6.46. The Morgan fingerprint density at radius 2 is 1.59 bits per heavy atom. The topological polar surface area (TPSA) is 58.6 Å². The Kier molecular flexibility index (Phi) is 6.08. The lowest BCUT2D eigenvalue weighted by Gasteiger charge is -2.16. The average molecular weight is 427 g/mol. The van der Waals surface area contributed by atoms with Crippen LogP contribution in [-0.4, -0.2) is 18.4 Å². The van der Waals surface area contributed by atoms with Crippen molar-refractivity contribution < 1.29 is 14.3 Å². The molecule has 3 aromatic carbocycles. The number of aryl methyl sites for hydroxylation is 2. The summed E-state index contributed by atoms with van der Waals surface area (Å²) in [5.74, 6) is -0.00275. The Morgan fingerprint density at radius 3 is 2.22 bits per heavy atom. The summed E-state index contributed by atoms with van der Waals surface area (Å²) < 4.78 is 5.53. The summed E-state index contributed by atoms with van der Waals surface area (Å²) >= 11 is 0. The highest BCUT2D eigenvalue weighted by atomic mass is 16.5. The summed E-state index contributed by atoms with van der Waals surface area (Å²) in [6, 6.07) is 22.5. The van der Waals surface area contributed by atoms with Gasteiger partial charge in [0, 0.05) is 5.69 Å². The van der Waals surface area contributed by atoms with Gasteiger partial charge in [0.2, 0.25) is 0 Å². The molecule has 3 aromatic rings. The van der Waals surface area contributed by atoms with Crippen LogP contribution < -0.4 is 15.0 Å². The molecule has 0 bridgehead atoms. The summed E-state index contributed by atoms with van der Waals surface area (Å²) in [5, 5.41) is 3.21. The monoisotopic (exact) mass is 426 g/mol. The van der Waals surface area contributed by atoms with Crippen LogP contribution in [0.25, 0.3) is 5.57 Å². The maximum absolute atomic E-state index is 13.5. The lowest BCUT2D eigenvalue weighted by molar-refractivity contribution is -0.120. The second kappa shape index (κ2) is 9.10. The zero-order valence-corrected chi connectivity index (χ0v) is 18.5. The summed E-state index contributed by atoms with van der Waals surface area (Å²) in [7, 11) is 0. The fourth-order valence-electron chi connectivity index (χ4n) is 3.78. The molecule has 32 heavy (non-hydrogen) atoms. The van der Waals surface area contributed by atoms with Crippen LogP contribution in [0.2, 0.25) is 0 Å². The molecule has 5 heteroatoms. The van der Waals surface area contributed by atoms with Crippen molar-refractivity contribution in [1.29, 1.82) is 0 Å². The number of carbonyl (C=O) groups is 2. The zero-order valence-electron chi connectivity index (χ0n) is 18.5. The van der Waals surface area contributed by atoms with Gasteiger partial charge < -0.3 is 10.1 Å². The molecule has 0 saturated heterocycles. The largest absolute Gasteiger partial charge is 0.494 e. The van der Waals surface area contributed by atoms with E-state index in [1.165, 1.54) is 4.90 Å². The smallest absolute Gasteiger partial charge is 0.282 e. The van der Waals surface area contributed by atoms with E-state index in [9.17, 15) is 9.59 Å². The fraction of sp³-hybridized carbons (Fsp3) is 0.185. The Bertz CT molecular complexity index is 1180. The first kappa shape index (κ1) is 21.4. The molecule has 0 radical (unpaired) electrons.